The van der Waals surface area contributed by atoms with Gasteiger partial charge in [0.15, 0.2) is 0 Å². The van der Waals surface area contributed by atoms with E-state index in [2.05, 4.69) is 168 Å². The molecule has 1 heterocycles. The quantitative estimate of drug-likeness (QED) is 0.214. The van der Waals surface area contributed by atoms with Gasteiger partial charge in [-0.05, 0) is 110 Å². The van der Waals surface area contributed by atoms with Gasteiger partial charge >= 0.3 is 0 Å². The topological polar surface area (TPSA) is 25.2 Å². The van der Waals surface area contributed by atoms with Crippen LogP contribution in [0.15, 0.2) is 72.8 Å². The normalized spacial score (nSPS) is 13.6. The Bertz CT molecular complexity index is 1850. The molecule has 0 aliphatic carbocycles. The van der Waals surface area contributed by atoms with Gasteiger partial charge in [0.2, 0.25) is 0 Å². The van der Waals surface area contributed by atoms with Crippen molar-refractivity contribution in [3.05, 3.63) is 95.1 Å². The van der Waals surface area contributed by atoms with Crippen molar-refractivity contribution in [1.29, 1.82) is 0 Å². The third-order valence-electron chi connectivity index (χ3n) is 9.60. The van der Waals surface area contributed by atoms with Gasteiger partial charge in [-0.15, -0.1) is 0 Å². The summed E-state index contributed by atoms with van der Waals surface area (Å²) in [5, 5.41) is 13.9. The lowest BCUT2D eigenvalue weighted by Crippen LogP contribution is -2.24. The fourth-order valence-electron chi connectivity index (χ4n) is 7.18. The van der Waals surface area contributed by atoms with Crippen molar-refractivity contribution in [3.8, 4) is 22.6 Å². The minimum absolute atomic E-state index is 0.0342. The lowest BCUT2D eigenvalue weighted by atomic mass is 9.72. The number of hydrogen-bond acceptors (Lipinski definition) is 1. The number of phenols is 1. The van der Waals surface area contributed by atoms with Crippen LogP contribution in [0.25, 0.3) is 38.6 Å². The summed E-state index contributed by atoms with van der Waals surface area (Å²) >= 11 is 0. The molecule has 0 aliphatic rings. The first-order chi connectivity index (χ1) is 21.0. The minimum atomic E-state index is -0.0823. The average Bonchev–Trinajstić information content (AvgIpc) is 3.23. The maximum Gasteiger partial charge on any atom is 0.123 e. The number of phenolic OH excluding ortho intramolecular Hbond substituents is 1. The summed E-state index contributed by atoms with van der Waals surface area (Å²) in [5.41, 5.74) is 10.8. The zero-order chi connectivity index (χ0) is 34.2. The maximum absolute atomic E-state index is 11.4. The summed E-state index contributed by atoms with van der Waals surface area (Å²) in [6, 6.07) is 27.1. The SMILES string of the molecule is CC(C)(C)CC(C)(C)c1ccc(O)c(-c2cc(-n3c4ccc(C(C)(C)C)cc4c4cc(C(C)(C)C)ccc43)cc(C(C)(C)C)c2)c1. The van der Waals surface area contributed by atoms with Crippen molar-refractivity contribution < 1.29 is 5.11 Å². The highest BCUT2D eigenvalue weighted by Crippen LogP contribution is 2.43. The highest BCUT2D eigenvalue weighted by Gasteiger charge is 2.29. The molecular weight excluding hydrogens is 558 g/mol. The van der Waals surface area contributed by atoms with Crippen molar-refractivity contribution in [2.75, 3.05) is 0 Å². The van der Waals surface area contributed by atoms with Crippen LogP contribution in [0.5, 0.6) is 5.75 Å². The Kier molecular flexibility index (Phi) is 8.12. The molecule has 1 aromatic heterocycles. The molecule has 244 valence electrons. The molecule has 0 saturated heterocycles. The van der Waals surface area contributed by atoms with Crippen LogP contribution < -0.4 is 0 Å². The summed E-state index contributed by atoms with van der Waals surface area (Å²) < 4.78 is 2.44. The zero-order valence-electron chi connectivity index (χ0n) is 31.0. The van der Waals surface area contributed by atoms with Crippen LogP contribution in [0.3, 0.4) is 0 Å². The number of rotatable bonds is 4. The van der Waals surface area contributed by atoms with Gasteiger partial charge < -0.3 is 9.67 Å². The standard InChI is InChI=1S/C44H57NO/c1-40(2,3)27-44(13,14)31-17-20-39(46)34(26-31)28-21-32(43(10,11)12)23-33(22-28)45-37-18-15-29(41(4,5)6)24-35(37)36-25-30(42(7,8)9)16-19-38(36)45/h15-26,46H,27H2,1-14H3. The number of aromatic hydroxyl groups is 1. The van der Waals surface area contributed by atoms with Crippen molar-refractivity contribution in [2.45, 2.75) is 125 Å². The van der Waals surface area contributed by atoms with Gasteiger partial charge in [0.05, 0.1) is 11.0 Å². The first kappa shape index (κ1) is 33.8. The molecule has 0 amide bonds. The highest BCUT2D eigenvalue weighted by atomic mass is 16.3. The monoisotopic (exact) mass is 615 g/mol. The Hall–Kier alpha value is -3.52. The number of nitrogens with zero attached hydrogens (tertiary/aromatic N) is 1. The van der Waals surface area contributed by atoms with Gasteiger partial charge in [0, 0.05) is 22.0 Å². The Morgan fingerprint density at radius 3 is 1.43 bits per heavy atom. The first-order valence-corrected chi connectivity index (χ1v) is 17.0. The third-order valence-corrected chi connectivity index (χ3v) is 9.60. The fourth-order valence-corrected chi connectivity index (χ4v) is 7.18. The van der Waals surface area contributed by atoms with Crippen LogP contribution in [-0.2, 0) is 21.7 Å². The summed E-state index contributed by atoms with van der Waals surface area (Å²) in [7, 11) is 0. The smallest absolute Gasteiger partial charge is 0.123 e. The number of benzene rings is 4. The van der Waals surface area contributed by atoms with Gasteiger partial charge in [-0.1, -0.05) is 121 Å². The molecule has 0 radical (unpaired) electrons. The average molecular weight is 616 g/mol. The molecule has 4 aromatic carbocycles. The van der Waals surface area contributed by atoms with Gasteiger partial charge in [-0.25, -0.2) is 0 Å². The van der Waals surface area contributed by atoms with Gasteiger partial charge in [-0.2, -0.15) is 0 Å². The summed E-state index contributed by atoms with van der Waals surface area (Å²) in [4.78, 5) is 0. The second-order valence-corrected chi connectivity index (χ2v) is 18.7. The highest BCUT2D eigenvalue weighted by molar-refractivity contribution is 6.10. The van der Waals surface area contributed by atoms with Crippen molar-refractivity contribution >= 4 is 21.8 Å². The molecular formula is C44H57NO. The molecule has 0 fully saturated rings. The second-order valence-electron chi connectivity index (χ2n) is 18.7. The molecule has 0 unspecified atom stereocenters. The van der Waals surface area contributed by atoms with E-state index in [9.17, 15) is 5.11 Å². The molecule has 0 saturated carbocycles. The van der Waals surface area contributed by atoms with E-state index in [4.69, 9.17) is 0 Å². The Morgan fingerprint density at radius 1 is 0.500 bits per heavy atom. The van der Waals surface area contributed by atoms with Gasteiger partial charge in [0.25, 0.3) is 0 Å². The maximum atomic E-state index is 11.4. The fraction of sp³-hybridized carbons (Fsp3) is 0.455. The molecule has 1 N–H and O–H groups in total. The van der Waals surface area contributed by atoms with Crippen LogP contribution >= 0.6 is 0 Å². The third kappa shape index (κ3) is 6.64. The van der Waals surface area contributed by atoms with E-state index < -0.39 is 0 Å². The molecule has 2 nitrogen and oxygen atoms in total. The van der Waals surface area contributed by atoms with Crippen LogP contribution in [0.2, 0.25) is 0 Å². The second kappa shape index (κ2) is 11.0. The largest absolute Gasteiger partial charge is 0.507 e. The van der Waals surface area contributed by atoms with E-state index >= 15 is 0 Å². The Labute approximate surface area is 278 Å². The van der Waals surface area contributed by atoms with Crippen LogP contribution in [0.4, 0.5) is 0 Å². The molecule has 0 atom stereocenters. The number of aromatic nitrogens is 1. The van der Waals surface area contributed by atoms with Crippen molar-refractivity contribution in [1.82, 2.24) is 4.57 Å². The van der Waals surface area contributed by atoms with Crippen LogP contribution in [-0.4, -0.2) is 9.67 Å². The van der Waals surface area contributed by atoms with E-state index in [-0.39, 0.29) is 27.1 Å². The number of hydrogen-bond donors (Lipinski definition) is 1. The number of fused-ring (bicyclic) bond motifs is 3. The molecule has 0 bridgehead atoms. The lowest BCUT2D eigenvalue weighted by molar-refractivity contribution is 0.284. The van der Waals surface area contributed by atoms with E-state index in [1.54, 1.807) is 0 Å². The summed E-state index contributed by atoms with van der Waals surface area (Å²) in [6.45, 7) is 32.1. The predicted molar refractivity (Wildman–Crippen MR) is 201 cm³/mol. The van der Waals surface area contributed by atoms with E-state index in [0.717, 1.165) is 23.2 Å². The molecule has 0 spiro atoms. The van der Waals surface area contributed by atoms with E-state index in [1.807, 2.05) is 6.07 Å². The Morgan fingerprint density at radius 2 is 0.978 bits per heavy atom. The molecule has 5 rings (SSSR count). The molecule has 2 heteroatoms. The summed E-state index contributed by atoms with van der Waals surface area (Å²) in [6.07, 6.45) is 1.05. The molecule has 46 heavy (non-hydrogen) atoms. The molecule has 5 aromatic rings. The first-order valence-electron chi connectivity index (χ1n) is 17.0. The summed E-state index contributed by atoms with van der Waals surface area (Å²) in [5.74, 6) is 0.319. The van der Waals surface area contributed by atoms with Gasteiger partial charge in [-0.3, -0.25) is 0 Å². The predicted octanol–water partition coefficient (Wildman–Crippen LogP) is 12.8. The van der Waals surface area contributed by atoms with Gasteiger partial charge in [0.1, 0.15) is 5.75 Å². The van der Waals surface area contributed by atoms with Crippen LogP contribution in [0, 0.1) is 5.41 Å². The zero-order valence-corrected chi connectivity index (χ0v) is 31.0. The lowest BCUT2D eigenvalue weighted by Gasteiger charge is -2.33. The van der Waals surface area contributed by atoms with E-state index in [1.165, 1.54) is 44.1 Å². The van der Waals surface area contributed by atoms with Crippen molar-refractivity contribution in [2.24, 2.45) is 5.41 Å². The van der Waals surface area contributed by atoms with E-state index in [0.29, 0.717) is 5.75 Å². The van der Waals surface area contributed by atoms with Crippen molar-refractivity contribution in [3.63, 3.8) is 0 Å². The van der Waals surface area contributed by atoms with Crippen LogP contribution in [0.1, 0.15) is 126 Å². The minimum Gasteiger partial charge on any atom is -0.507 e. The molecule has 0 aliphatic heterocycles. The Balaban J connectivity index is 1.83.